The number of para-hydroxylation sites is 1. The largest absolute Gasteiger partial charge is 0.475 e. The minimum atomic E-state index is -0.555. The van der Waals surface area contributed by atoms with Crippen molar-refractivity contribution in [3.8, 4) is 5.75 Å². The van der Waals surface area contributed by atoms with Gasteiger partial charge < -0.3 is 9.47 Å². The molecule has 0 radical (unpaired) electrons. The molecule has 0 unspecified atom stereocenters. The van der Waals surface area contributed by atoms with E-state index in [4.69, 9.17) is 9.47 Å². The Hall–Kier alpha value is -2.11. The molecule has 0 heterocycles. The van der Waals surface area contributed by atoms with E-state index >= 15 is 0 Å². The number of rotatable bonds is 5. The van der Waals surface area contributed by atoms with Gasteiger partial charge in [-0.25, -0.2) is 4.79 Å². The predicted octanol–water partition coefficient (Wildman–Crippen LogP) is 2.23. The lowest BCUT2D eigenvalue weighted by molar-refractivity contribution is -0.386. The fourth-order valence-electron chi connectivity index (χ4n) is 1.42. The van der Waals surface area contributed by atoms with Gasteiger partial charge in [0.1, 0.15) is 0 Å². The van der Waals surface area contributed by atoms with Crippen molar-refractivity contribution < 1.29 is 19.2 Å². The number of benzene rings is 1. The highest BCUT2D eigenvalue weighted by Gasteiger charge is 2.19. The highest BCUT2D eigenvalue weighted by atomic mass is 16.6. The first-order valence-corrected chi connectivity index (χ1v) is 5.48. The van der Waals surface area contributed by atoms with Crippen LogP contribution in [0.3, 0.4) is 0 Å². The van der Waals surface area contributed by atoms with Crippen molar-refractivity contribution in [2.24, 2.45) is 0 Å². The van der Waals surface area contributed by atoms with Gasteiger partial charge in [-0.15, -0.1) is 0 Å². The number of carbonyl (C=O) groups excluding carboxylic acids is 1. The summed E-state index contributed by atoms with van der Waals surface area (Å²) < 4.78 is 9.99. The normalized spacial score (nSPS) is 10.2. The molecule has 0 aliphatic carbocycles. The second-order valence-corrected chi connectivity index (χ2v) is 4.01. The van der Waals surface area contributed by atoms with E-state index in [1.54, 1.807) is 32.9 Å². The van der Waals surface area contributed by atoms with Crippen LogP contribution in [0.4, 0.5) is 5.69 Å². The van der Waals surface area contributed by atoms with Gasteiger partial charge in [0.25, 0.3) is 0 Å². The number of aryl methyl sites for hydroxylation is 1. The molecule has 0 aromatic heterocycles. The molecule has 0 bridgehead atoms. The monoisotopic (exact) mass is 253 g/mol. The highest BCUT2D eigenvalue weighted by Crippen LogP contribution is 2.29. The first-order chi connectivity index (χ1) is 8.41. The molecule has 0 fully saturated rings. The Morgan fingerprint density at radius 3 is 2.67 bits per heavy atom. The third-order valence-corrected chi connectivity index (χ3v) is 2.10. The molecular formula is C12H15NO5. The molecule has 6 heteroatoms. The van der Waals surface area contributed by atoms with E-state index in [1.807, 2.05) is 0 Å². The zero-order valence-electron chi connectivity index (χ0n) is 10.5. The Morgan fingerprint density at radius 2 is 2.11 bits per heavy atom. The maximum absolute atomic E-state index is 11.3. The van der Waals surface area contributed by atoms with Crippen LogP contribution in [0.5, 0.6) is 5.75 Å². The summed E-state index contributed by atoms with van der Waals surface area (Å²) in [5, 5.41) is 10.9. The zero-order valence-corrected chi connectivity index (χ0v) is 10.5. The molecule has 0 aliphatic rings. The van der Waals surface area contributed by atoms with Crippen molar-refractivity contribution >= 4 is 11.7 Å². The summed E-state index contributed by atoms with van der Waals surface area (Å²) in [6.07, 6.45) is -0.242. The van der Waals surface area contributed by atoms with E-state index in [9.17, 15) is 14.9 Å². The number of nitrogens with zero attached hydrogens (tertiary/aromatic N) is 1. The maximum atomic E-state index is 11.3. The summed E-state index contributed by atoms with van der Waals surface area (Å²) in [5.41, 5.74) is 0.351. The molecular weight excluding hydrogens is 238 g/mol. The predicted molar refractivity (Wildman–Crippen MR) is 64.6 cm³/mol. The molecule has 0 saturated carbocycles. The summed E-state index contributed by atoms with van der Waals surface area (Å²) in [6, 6.07) is 4.69. The van der Waals surface area contributed by atoms with Crippen molar-refractivity contribution in [2.45, 2.75) is 26.9 Å². The van der Waals surface area contributed by atoms with Crippen LogP contribution in [-0.4, -0.2) is 23.6 Å². The summed E-state index contributed by atoms with van der Waals surface area (Å²) in [6.45, 7) is 4.69. The average Bonchev–Trinajstić information content (AvgIpc) is 2.24. The standard InChI is InChI=1S/C12H15NO5/c1-8(2)18-11(14)7-17-10-6-4-5-9(3)12(10)13(15)16/h4-6,8H,7H2,1-3H3. The van der Waals surface area contributed by atoms with E-state index in [1.165, 1.54) is 6.07 Å². The molecule has 0 amide bonds. The van der Waals surface area contributed by atoms with Gasteiger partial charge in [0.05, 0.1) is 11.0 Å². The molecule has 0 saturated heterocycles. The lowest BCUT2D eigenvalue weighted by Gasteiger charge is -2.10. The molecule has 6 nitrogen and oxygen atoms in total. The van der Waals surface area contributed by atoms with E-state index in [0.717, 1.165) is 0 Å². The topological polar surface area (TPSA) is 78.7 Å². The summed E-state index contributed by atoms with van der Waals surface area (Å²) >= 11 is 0. The van der Waals surface area contributed by atoms with Crippen LogP contribution >= 0.6 is 0 Å². The smallest absolute Gasteiger partial charge is 0.344 e. The second-order valence-electron chi connectivity index (χ2n) is 4.01. The number of esters is 1. The Morgan fingerprint density at radius 1 is 1.44 bits per heavy atom. The minimum absolute atomic E-state index is 0.0701. The first kappa shape index (κ1) is 14.0. The Bertz CT molecular complexity index is 456. The van der Waals surface area contributed by atoms with E-state index in [0.29, 0.717) is 5.56 Å². The fourth-order valence-corrected chi connectivity index (χ4v) is 1.42. The van der Waals surface area contributed by atoms with Crippen molar-refractivity contribution in [1.29, 1.82) is 0 Å². The lowest BCUT2D eigenvalue weighted by Crippen LogP contribution is -2.19. The fraction of sp³-hybridized carbons (Fsp3) is 0.417. The summed E-state index contributed by atoms with van der Waals surface area (Å²) in [4.78, 5) is 21.6. The van der Waals surface area contributed by atoms with Crippen LogP contribution in [0.2, 0.25) is 0 Å². The molecule has 98 valence electrons. The number of carbonyl (C=O) groups is 1. The highest BCUT2D eigenvalue weighted by molar-refractivity contribution is 5.71. The van der Waals surface area contributed by atoms with Gasteiger partial charge in [-0.2, -0.15) is 0 Å². The number of hydrogen-bond donors (Lipinski definition) is 0. The van der Waals surface area contributed by atoms with Gasteiger partial charge in [0.2, 0.25) is 0 Å². The quantitative estimate of drug-likeness (QED) is 0.456. The van der Waals surface area contributed by atoms with Crippen LogP contribution in [0.25, 0.3) is 0 Å². The minimum Gasteiger partial charge on any atom is -0.475 e. The zero-order chi connectivity index (χ0) is 13.7. The Kier molecular flexibility index (Phi) is 4.65. The molecule has 1 aromatic rings. The Labute approximate surface area is 105 Å². The van der Waals surface area contributed by atoms with Crippen molar-refractivity contribution in [1.82, 2.24) is 0 Å². The average molecular weight is 253 g/mol. The van der Waals surface area contributed by atoms with Crippen molar-refractivity contribution in [3.05, 3.63) is 33.9 Å². The van der Waals surface area contributed by atoms with Gasteiger partial charge in [0, 0.05) is 5.56 Å². The van der Waals surface area contributed by atoms with E-state index < -0.39 is 10.9 Å². The van der Waals surface area contributed by atoms with Crippen LogP contribution in [0.15, 0.2) is 18.2 Å². The Balaban J connectivity index is 2.76. The van der Waals surface area contributed by atoms with Gasteiger partial charge in [0.15, 0.2) is 12.4 Å². The molecule has 1 rings (SSSR count). The van der Waals surface area contributed by atoms with Crippen molar-refractivity contribution in [3.63, 3.8) is 0 Å². The third-order valence-electron chi connectivity index (χ3n) is 2.10. The van der Waals surface area contributed by atoms with Crippen molar-refractivity contribution in [2.75, 3.05) is 6.61 Å². The second kappa shape index (κ2) is 6.00. The third kappa shape index (κ3) is 3.73. The molecule has 18 heavy (non-hydrogen) atoms. The van der Waals surface area contributed by atoms with E-state index in [2.05, 4.69) is 0 Å². The maximum Gasteiger partial charge on any atom is 0.344 e. The number of nitro groups is 1. The number of ether oxygens (including phenoxy) is 2. The van der Waals surface area contributed by atoms with Crippen LogP contribution in [-0.2, 0) is 9.53 Å². The lowest BCUT2D eigenvalue weighted by atomic mass is 10.2. The van der Waals surface area contributed by atoms with Gasteiger partial charge in [-0.05, 0) is 26.8 Å². The molecule has 0 atom stereocenters. The summed E-state index contributed by atoms with van der Waals surface area (Å²) in [5.74, 6) is -0.485. The summed E-state index contributed by atoms with van der Waals surface area (Å²) in [7, 11) is 0. The van der Waals surface area contributed by atoms with Crippen LogP contribution in [0, 0.1) is 17.0 Å². The van der Waals surface area contributed by atoms with Crippen LogP contribution < -0.4 is 4.74 Å². The van der Waals surface area contributed by atoms with Gasteiger partial charge >= 0.3 is 11.7 Å². The SMILES string of the molecule is Cc1cccc(OCC(=O)OC(C)C)c1[N+](=O)[O-]. The first-order valence-electron chi connectivity index (χ1n) is 5.48. The molecule has 0 aliphatic heterocycles. The van der Waals surface area contributed by atoms with Gasteiger partial charge in [-0.3, -0.25) is 10.1 Å². The molecule has 1 aromatic carbocycles. The molecule has 0 spiro atoms. The van der Waals surface area contributed by atoms with Crippen LogP contribution in [0.1, 0.15) is 19.4 Å². The molecule has 0 N–H and O–H groups in total. The number of nitro benzene ring substituents is 1. The van der Waals surface area contributed by atoms with Gasteiger partial charge in [-0.1, -0.05) is 12.1 Å². The number of hydrogen-bond acceptors (Lipinski definition) is 5. The van der Waals surface area contributed by atoms with E-state index in [-0.39, 0.29) is 24.1 Å².